The Bertz CT molecular complexity index is 875. The topological polar surface area (TPSA) is 38.8 Å². The molecule has 0 amide bonds. The molecule has 1 aliphatic heterocycles. The summed E-state index contributed by atoms with van der Waals surface area (Å²) in [4.78, 5) is 15.2. The Balaban J connectivity index is 1.60. The van der Waals surface area contributed by atoms with Crippen LogP contribution in [0.3, 0.4) is 0 Å². The molecule has 0 spiro atoms. The number of hydrogen-bond donors (Lipinski definition) is 0. The van der Waals surface area contributed by atoms with Gasteiger partial charge in [0.2, 0.25) is 0 Å². The Kier molecular flexibility index (Phi) is 6.14. The Labute approximate surface area is 180 Å². The molecule has 4 nitrogen and oxygen atoms in total. The van der Waals surface area contributed by atoms with Gasteiger partial charge in [0.25, 0.3) is 0 Å². The molecule has 4 rings (SSSR count). The van der Waals surface area contributed by atoms with Crippen molar-refractivity contribution in [2.45, 2.75) is 58.1 Å². The molecule has 1 aliphatic carbocycles. The first-order chi connectivity index (χ1) is 14.5. The standard InChI is InChI=1S/C26H33NO3/c1-19(28)26(2)18-27(16-20-9-5-4-6-10-20)17-23(26)21-13-14-24(29-3)25(15-21)30-22-11-7-8-12-22/h4-6,9-10,13-15,22-23H,7-8,11-12,16-18H2,1-3H3/t23-,26-/m0/s1. The number of nitrogens with zero attached hydrogens (tertiary/aromatic N) is 1. The molecule has 2 aromatic carbocycles. The van der Waals surface area contributed by atoms with Gasteiger partial charge < -0.3 is 9.47 Å². The summed E-state index contributed by atoms with van der Waals surface area (Å²) >= 11 is 0. The Morgan fingerprint density at radius 3 is 2.50 bits per heavy atom. The van der Waals surface area contributed by atoms with Crippen molar-refractivity contribution >= 4 is 5.78 Å². The second kappa shape index (κ2) is 8.81. The number of benzene rings is 2. The summed E-state index contributed by atoms with van der Waals surface area (Å²) in [6.45, 7) is 6.35. The van der Waals surface area contributed by atoms with E-state index in [0.29, 0.717) is 0 Å². The van der Waals surface area contributed by atoms with E-state index in [0.717, 1.165) is 49.5 Å². The maximum absolute atomic E-state index is 12.8. The molecular weight excluding hydrogens is 374 g/mol. The molecule has 0 bridgehead atoms. The highest BCUT2D eigenvalue weighted by Gasteiger charge is 2.47. The summed E-state index contributed by atoms with van der Waals surface area (Å²) < 4.78 is 11.9. The zero-order valence-electron chi connectivity index (χ0n) is 18.4. The minimum Gasteiger partial charge on any atom is -0.493 e. The van der Waals surface area contributed by atoms with Gasteiger partial charge in [0.1, 0.15) is 5.78 Å². The molecule has 1 saturated carbocycles. The fraction of sp³-hybridized carbons (Fsp3) is 0.500. The van der Waals surface area contributed by atoms with Gasteiger partial charge in [-0.15, -0.1) is 0 Å². The average molecular weight is 408 g/mol. The van der Waals surface area contributed by atoms with E-state index < -0.39 is 5.41 Å². The van der Waals surface area contributed by atoms with Crippen LogP contribution in [0.1, 0.15) is 56.6 Å². The lowest BCUT2D eigenvalue weighted by molar-refractivity contribution is -0.125. The van der Waals surface area contributed by atoms with Crippen LogP contribution < -0.4 is 9.47 Å². The smallest absolute Gasteiger partial charge is 0.161 e. The van der Waals surface area contributed by atoms with Gasteiger partial charge in [-0.1, -0.05) is 43.3 Å². The number of ketones is 1. The molecule has 4 heteroatoms. The van der Waals surface area contributed by atoms with Crippen LogP contribution >= 0.6 is 0 Å². The van der Waals surface area contributed by atoms with Crippen molar-refractivity contribution in [2.75, 3.05) is 20.2 Å². The molecule has 1 saturated heterocycles. The van der Waals surface area contributed by atoms with Gasteiger partial charge >= 0.3 is 0 Å². The summed E-state index contributed by atoms with van der Waals surface area (Å²) in [6.07, 6.45) is 4.93. The molecule has 0 aromatic heterocycles. The maximum Gasteiger partial charge on any atom is 0.161 e. The number of methoxy groups -OCH3 is 1. The monoisotopic (exact) mass is 407 g/mol. The van der Waals surface area contributed by atoms with Crippen molar-refractivity contribution in [1.29, 1.82) is 0 Å². The van der Waals surface area contributed by atoms with Gasteiger partial charge in [-0.05, 0) is 55.9 Å². The maximum atomic E-state index is 12.8. The van der Waals surface area contributed by atoms with Gasteiger partial charge in [-0.2, -0.15) is 0 Å². The zero-order valence-corrected chi connectivity index (χ0v) is 18.4. The third-order valence-electron chi connectivity index (χ3n) is 7.00. The van der Waals surface area contributed by atoms with Crippen LogP contribution in [0.4, 0.5) is 0 Å². The normalized spacial score (nSPS) is 24.8. The van der Waals surface area contributed by atoms with Crippen molar-refractivity contribution in [3.63, 3.8) is 0 Å². The molecule has 2 fully saturated rings. The second-order valence-corrected chi connectivity index (χ2v) is 9.12. The highest BCUT2D eigenvalue weighted by Crippen LogP contribution is 2.46. The SMILES string of the molecule is COc1ccc([C@@H]2CN(Cc3ccccc3)C[C@@]2(C)C(C)=O)cc1OC1CCCC1. The number of likely N-dealkylation sites (tertiary alicyclic amines) is 1. The van der Waals surface area contributed by atoms with Gasteiger partial charge in [0.15, 0.2) is 11.5 Å². The Morgan fingerprint density at radius 2 is 1.83 bits per heavy atom. The number of carbonyl (C=O) groups excluding carboxylic acids is 1. The third kappa shape index (κ3) is 4.24. The van der Waals surface area contributed by atoms with Crippen molar-refractivity contribution in [2.24, 2.45) is 5.41 Å². The van der Waals surface area contributed by atoms with Crippen LogP contribution in [-0.2, 0) is 11.3 Å². The molecule has 2 aromatic rings. The summed E-state index contributed by atoms with van der Waals surface area (Å²) in [5.41, 5.74) is 2.04. The van der Waals surface area contributed by atoms with E-state index in [9.17, 15) is 4.79 Å². The van der Waals surface area contributed by atoms with E-state index in [1.807, 2.05) is 12.1 Å². The predicted molar refractivity (Wildman–Crippen MR) is 119 cm³/mol. The lowest BCUT2D eigenvalue weighted by Gasteiger charge is -2.29. The molecule has 0 N–H and O–H groups in total. The molecule has 2 atom stereocenters. The van der Waals surface area contributed by atoms with Gasteiger partial charge in [-0.25, -0.2) is 0 Å². The van der Waals surface area contributed by atoms with E-state index >= 15 is 0 Å². The summed E-state index contributed by atoms with van der Waals surface area (Å²) in [6, 6.07) is 16.7. The Hall–Kier alpha value is -2.33. The zero-order chi connectivity index (χ0) is 21.1. The summed E-state index contributed by atoms with van der Waals surface area (Å²) in [5.74, 6) is 1.97. The lowest BCUT2D eigenvalue weighted by atomic mass is 9.73. The quantitative estimate of drug-likeness (QED) is 0.631. The third-order valence-corrected chi connectivity index (χ3v) is 7.00. The highest BCUT2D eigenvalue weighted by atomic mass is 16.5. The molecule has 160 valence electrons. The van der Waals surface area contributed by atoms with Crippen molar-refractivity contribution in [3.05, 3.63) is 59.7 Å². The minimum atomic E-state index is -0.409. The summed E-state index contributed by atoms with van der Waals surface area (Å²) in [5, 5.41) is 0. The molecule has 30 heavy (non-hydrogen) atoms. The minimum absolute atomic E-state index is 0.135. The van der Waals surface area contributed by atoms with Crippen LogP contribution in [0.2, 0.25) is 0 Å². The molecule has 1 heterocycles. The van der Waals surface area contributed by atoms with E-state index in [2.05, 4.69) is 48.2 Å². The van der Waals surface area contributed by atoms with Crippen molar-refractivity contribution in [1.82, 2.24) is 4.90 Å². The van der Waals surface area contributed by atoms with Crippen LogP contribution in [0, 0.1) is 5.41 Å². The highest BCUT2D eigenvalue weighted by molar-refractivity contribution is 5.84. The largest absolute Gasteiger partial charge is 0.493 e. The van der Waals surface area contributed by atoms with E-state index in [4.69, 9.17) is 9.47 Å². The first kappa shape index (κ1) is 20.9. The molecule has 2 aliphatic rings. The first-order valence-electron chi connectivity index (χ1n) is 11.1. The van der Waals surface area contributed by atoms with E-state index in [1.54, 1.807) is 14.0 Å². The van der Waals surface area contributed by atoms with E-state index in [-0.39, 0.29) is 17.8 Å². The molecular formula is C26H33NO3. The fourth-order valence-electron chi connectivity index (χ4n) is 5.08. The summed E-state index contributed by atoms with van der Waals surface area (Å²) in [7, 11) is 1.69. The Morgan fingerprint density at radius 1 is 1.10 bits per heavy atom. The van der Waals surface area contributed by atoms with Crippen molar-refractivity contribution < 1.29 is 14.3 Å². The number of carbonyl (C=O) groups is 1. The lowest BCUT2D eigenvalue weighted by Crippen LogP contribution is -2.33. The van der Waals surface area contributed by atoms with Crippen LogP contribution in [0.25, 0.3) is 0 Å². The second-order valence-electron chi connectivity index (χ2n) is 9.12. The number of hydrogen-bond acceptors (Lipinski definition) is 4. The van der Waals surface area contributed by atoms with Crippen LogP contribution in [0.15, 0.2) is 48.5 Å². The number of Topliss-reactive ketones (excluding diaryl/α,β-unsaturated/α-hetero) is 1. The number of ether oxygens (including phenoxy) is 2. The van der Waals surface area contributed by atoms with E-state index in [1.165, 1.54) is 18.4 Å². The van der Waals surface area contributed by atoms with Gasteiger partial charge in [0.05, 0.1) is 13.2 Å². The molecule has 0 unspecified atom stereocenters. The number of rotatable bonds is 7. The predicted octanol–water partition coefficient (Wildman–Crippen LogP) is 5.21. The van der Waals surface area contributed by atoms with Crippen LogP contribution in [-0.4, -0.2) is 37.0 Å². The van der Waals surface area contributed by atoms with Gasteiger partial charge in [-0.3, -0.25) is 9.69 Å². The van der Waals surface area contributed by atoms with Gasteiger partial charge in [0, 0.05) is 31.0 Å². The molecule has 0 radical (unpaired) electrons. The van der Waals surface area contributed by atoms with Crippen LogP contribution in [0.5, 0.6) is 11.5 Å². The average Bonchev–Trinajstić information content (AvgIpc) is 3.37. The van der Waals surface area contributed by atoms with Crippen molar-refractivity contribution in [3.8, 4) is 11.5 Å². The first-order valence-corrected chi connectivity index (χ1v) is 11.1. The fourth-order valence-corrected chi connectivity index (χ4v) is 5.08.